The van der Waals surface area contributed by atoms with Crippen LogP contribution in [0.3, 0.4) is 0 Å². The van der Waals surface area contributed by atoms with Crippen LogP contribution >= 0.6 is 0 Å². The van der Waals surface area contributed by atoms with Crippen molar-refractivity contribution in [3.63, 3.8) is 0 Å². The van der Waals surface area contributed by atoms with Gasteiger partial charge < -0.3 is 5.43 Å². The van der Waals surface area contributed by atoms with E-state index in [0.29, 0.717) is 6.54 Å². The van der Waals surface area contributed by atoms with E-state index in [9.17, 15) is 4.79 Å². The maximum atomic E-state index is 10.7. The van der Waals surface area contributed by atoms with Gasteiger partial charge in [-0.3, -0.25) is 9.80 Å². The van der Waals surface area contributed by atoms with E-state index in [-0.39, 0.29) is 5.78 Å². The highest BCUT2D eigenvalue weighted by molar-refractivity contribution is 5.77. The van der Waals surface area contributed by atoms with E-state index < -0.39 is 0 Å². The first-order valence-corrected chi connectivity index (χ1v) is 3.71. The van der Waals surface area contributed by atoms with E-state index in [2.05, 4.69) is 17.9 Å². The summed E-state index contributed by atoms with van der Waals surface area (Å²) in [7, 11) is 0. The van der Waals surface area contributed by atoms with E-state index in [1.807, 2.05) is 6.20 Å². The van der Waals surface area contributed by atoms with Crippen LogP contribution in [0.2, 0.25) is 0 Å². The highest BCUT2D eigenvalue weighted by Gasteiger charge is 2.09. The van der Waals surface area contributed by atoms with Crippen molar-refractivity contribution in [2.45, 2.75) is 20.3 Å². The van der Waals surface area contributed by atoms with E-state index in [1.165, 1.54) is 0 Å². The van der Waals surface area contributed by atoms with E-state index in [1.54, 1.807) is 11.9 Å². The van der Waals surface area contributed by atoms with Crippen LogP contribution in [-0.2, 0) is 4.79 Å². The monoisotopic (exact) mass is 155 g/mol. The fourth-order valence-electron chi connectivity index (χ4n) is 0.901. The number of carbonyl (C=O) groups excluding carboxylic acids is 1. The zero-order valence-corrected chi connectivity index (χ0v) is 6.85. The molecule has 0 atom stereocenters. The van der Waals surface area contributed by atoms with Crippen molar-refractivity contribution >= 4 is 5.78 Å². The average molecular weight is 155 g/mol. The number of nitrogens with zero attached hydrogens (tertiary/aromatic N) is 1. The Morgan fingerprint density at radius 2 is 2.45 bits per heavy atom. The predicted molar refractivity (Wildman–Crippen MR) is 42.0 cm³/mol. The summed E-state index contributed by atoms with van der Waals surface area (Å²) in [5.41, 5.74) is 6.91. The summed E-state index contributed by atoms with van der Waals surface area (Å²) in [5.74, 6) is 0.146. The topological polar surface area (TPSA) is 44.4 Å². The third-order valence-corrected chi connectivity index (χ3v) is 1.45. The molecule has 0 radical (unpaired) electrons. The van der Waals surface area contributed by atoms with Crippen LogP contribution in [0.15, 0.2) is 11.9 Å². The zero-order chi connectivity index (χ0) is 8.27. The molecule has 4 nitrogen and oxygen atoms in total. The molecule has 0 unspecified atom stereocenters. The lowest BCUT2D eigenvalue weighted by atomic mass is 10.4. The second kappa shape index (κ2) is 3.39. The maximum Gasteiger partial charge on any atom is 0.150 e. The van der Waals surface area contributed by atoms with Crippen molar-refractivity contribution in [1.82, 2.24) is 16.0 Å². The number of hydrogen-bond acceptors (Lipinski definition) is 4. The normalized spacial score (nSPS) is 16.2. The Bertz CT molecular complexity index is 188. The summed E-state index contributed by atoms with van der Waals surface area (Å²) in [6.45, 7) is 4.04. The second-order valence-electron chi connectivity index (χ2n) is 2.57. The van der Waals surface area contributed by atoms with Gasteiger partial charge in [-0.15, -0.1) is 5.53 Å². The molecule has 0 aromatic rings. The first kappa shape index (κ1) is 8.07. The van der Waals surface area contributed by atoms with Gasteiger partial charge >= 0.3 is 0 Å². The fraction of sp³-hybridized carbons (Fsp3) is 0.571. The lowest BCUT2D eigenvalue weighted by molar-refractivity contribution is -0.118. The third-order valence-electron chi connectivity index (χ3n) is 1.45. The van der Waals surface area contributed by atoms with Gasteiger partial charge in [0.1, 0.15) is 0 Å². The Morgan fingerprint density at radius 3 is 2.91 bits per heavy atom. The molecule has 0 amide bonds. The summed E-state index contributed by atoms with van der Waals surface area (Å²) in [5, 5.41) is 1.74. The van der Waals surface area contributed by atoms with Gasteiger partial charge in [0, 0.05) is 11.9 Å². The van der Waals surface area contributed by atoms with Gasteiger partial charge in [-0.1, -0.05) is 6.92 Å². The van der Waals surface area contributed by atoms with E-state index >= 15 is 0 Å². The van der Waals surface area contributed by atoms with Crippen LogP contribution in [0, 0.1) is 0 Å². The highest BCUT2D eigenvalue weighted by atomic mass is 16.1. The number of nitrogens with one attached hydrogen (secondary N) is 2. The molecule has 0 aromatic heterocycles. The van der Waals surface area contributed by atoms with Crippen LogP contribution in [0.1, 0.15) is 20.3 Å². The van der Waals surface area contributed by atoms with Crippen molar-refractivity contribution in [3.8, 4) is 0 Å². The molecule has 1 heterocycles. The summed E-state index contributed by atoms with van der Waals surface area (Å²) < 4.78 is 0. The summed E-state index contributed by atoms with van der Waals surface area (Å²) in [6, 6.07) is 0. The van der Waals surface area contributed by atoms with Crippen LogP contribution in [0.5, 0.6) is 0 Å². The maximum absolute atomic E-state index is 10.7. The Morgan fingerprint density at radius 1 is 1.73 bits per heavy atom. The minimum Gasteiger partial charge on any atom is -0.306 e. The second-order valence-corrected chi connectivity index (χ2v) is 2.57. The van der Waals surface area contributed by atoms with Crippen molar-refractivity contribution in [3.05, 3.63) is 11.9 Å². The SMILES string of the molecule is CCC1=CN(CC(C)=O)NN1. The summed E-state index contributed by atoms with van der Waals surface area (Å²) >= 11 is 0. The largest absolute Gasteiger partial charge is 0.306 e. The van der Waals surface area contributed by atoms with E-state index in [4.69, 9.17) is 0 Å². The molecule has 11 heavy (non-hydrogen) atoms. The van der Waals surface area contributed by atoms with E-state index in [0.717, 1.165) is 12.1 Å². The molecule has 0 saturated carbocycles. The molecule has 62 valence electrons. The number of rotatable bonds is 3. The van der Waals surface area contributed by atoms with Crippen LogP contribution < -0.4 is 11.0 Å². The molecule has 4 heteroatoms. The molecular weight excluding hydrogens is 142 g/mol. The number of hydrogen-bond donors (Lipinski definition) is 2. The Labute approximate surface area is 66.2 Å². The molecule has 1 aliphatic rings. The number of ketones is 1. The highest BCUT2D eigenvalue weighted by Crippen LogP contribution is 2.01. The molecule has 0 bridgehead atoms. The fourth-order valence-corrected chi connectivity index (χ4v) is 0.901. The number of carbonyl (C=O) groups is 1. The zero-order valence-electron chi connectivity index (χ0n) is 6.85. The van der Waals surface area contributed by atoms with Crippen molar-refractivity contribution in [2.24, 2.45) is 0 Å². The molecule has 0 aliphatic carbocycles. The number of hydrazine groups is 2. The standard InChI is InChI=1S/C7H13N3O/c1-3-7-5-10(9-8-7)4-6(2)11/h5,8-9H,3-4H2,1-2H3. The van der Waals surface area contributed by atoms with Crippen molar-refractivity contribution in [1.29, 1.82) is 0 Å². The molecule has 1 aliphatic heterocycles. The quantitative estimate of drug-likeness (QED) is 0.609. The lowest BCUT2D eigenvalue weighted by Gasteiger charge is -2.11. The first-order chi connectivity index (χ1) is 5.22. The van der Waals surface area contributed by atoms with Gasteiger partial charge in [-0.05, 0) is 13.3 Å². The third kappa shape index (κ3) is 2.23. The number of Topliss-reactive ketones (excluding diaryl/α,β-unsaturated/α-hetero) is 1. The average Bonchev–Trinajstić information content (AvgIpc) is 2.34. The van der Waals surface area contributed by atoms with Gasteiger partial charge in [0.15, 0.2) is 5.78 Å². The Kier molecular flexibility index (Phi) is 2.48. The molecule has 2 N–H and O–H groups in total. The van der Waals surface area contributed by atoms with Crippen LogP contribution in [0.25, 0.3) is 0 Å². The molecule has 0 saturated heterocycles. The molecule has 0 aromatic carbocycles. The minimum atomic E-state index is 0.146. The minimum absolute atomic E-state index is 0.146. The van der Waals surface area contributed by atoms with Gasteiger partial charge in [0.05, 0.1) is 6.54 Å². The summed E-state index contributed by atoms with van der Waals surface area (Å²) in [6.07, 6.45) is 2.85. The molecular formula is C7H13N3O. The van der Waals surface area contributed by atoms with Crippen LogP contribution in [0.4, 0.5) is 0 Å². The van der Waals surface area contributed by atoms with Gasteiger partial charge in [-0.25, -0.2) is 0 Å². The first-order valence-electron chi connectivity index (χ1n) is 3.71. The number of allylic oxidation sites excluding steroid dienone is 1. The molecule has 1 rings (SSSR count). The summed E-state index contributed by atoms with van der Waals surface area (Å²) in [4.78, 5) is 10.7. The van der Waals surface area contributed by atoms with Gasteiger partial charge in [0.25, 0.3) is 0 Å². The van der Waals surface area contributed by atoms with Gasteiger partial charge in [-0.2, -0.15) is 0 Å². The van der Waals surface area contributed by atoms with Crippen molar-refractivity contribution < 1.29 is 4.79 Å². The molecule has 0 spiro atoms. The smallest absolute Gasteiger partial charge is 0.150 e. The molecule has 0 fully saturated rings. The van der Waals surface area contributed by atoms with Crippen LogP contribution in [-0.4, -0.2) is 17.3 Å². The van der Waals surface area contributed by atoms with Crippen molar-refractivity contribution in [2.75, 3.05) is 6.54 Å². The Balaban J connectivity index is 2.39. The Hall–Kier alpha value is -1.03. The van der Waals surface area contributed by atoms with Gasteiger partial charge in [0.2, 0.25) is 0 Å². The predicted octanol–water partition coefficient (Wildman–Crippen LogP) is 0.152. The lowest BCUT2D eigenvalue weighted by Crippen LogP contribution is -2.38.